The second kappa shape index (κ2) is 10.9. The highest BCUT2D eigenvalue weighted by molar-refractivity contribution is 7.92. The van der Waals surface area contributed by atoms with Crippen molar-refractivity contribution in [3.05, 3.63) is 87.4 Å². The highest BCUT2D eigenvalue weighted by atomic mass is 35.5. The van der Waals surface area contributed by atoms with Gasteiger partial charge in [-0.05, 0) is 54.8 Å². The van der Waals surface area contributed by atoms with Crippen LogP contribution in [0.2, 0.25) is 10.0 Å². The van der Waals surface area contributed by atoms with Gasteiger partial charge in [0.1, 0.15) is 4.90 Å². The van der Waals surface area contributed by atoms with Crippen molar-refractivity contribution in [2.24, 2.45) is 0 Å². The van der Waals surface area contributed by atoms with Crippen molar-refractivity contribution in [2.45, 2.75) is 25.2 Å². The molecule has 0 radical (unpaired) electrons. The molecule has 0 fully saturated rings. The maximum Gasteiger partial charge on any atom is 0.340 e. The summed E-state index contributed by atoms with van der Waals surface area (Å²) in [6.45, 7) is 3.30. The van der Waals surface area contributed by atoms with Crippen LogP contribution in [0, 0.1) is 6.92 Å². The van der Waals surface area contributed by atoms with Crippen molar-refractivity contribution < 1.29 is 22.7 Å². The quantitative estimate of drug-likeness (QED) is 0.384. The predicted molar refractivity (Wildman–Crippen MR) is 133 cm³/mol. The van der Waals surface area contributed by atoms with E-state index in [1.54, 1.807) is 12.1 Å². The first kappa shape index (κ1) is 25.6. The molecule has 3 aromatic rings. The van der Waals surface area contributed by atoms with Crippen molar-refractivity contribution in [1.29, 1.82) is 0 Å². The Kier molecular flexibility index (Phi) is 8.19. The number of ether oxygens (including phenoxy) is 1. The van der Waals surface area contributed by atoms with E-state index in [0.717, 1.165) is 17.5 Å². The van der Waals surface area contributed by atoms with Crippen LogP contribution in [0.15, 0.2) is 65.6 Å². The first-order chi connectivity index (χ1) is 16.1. The first-order valence-corrected chi connectivity index (χ1v) is 12.5. The van der Waals surface area contributed by atoms with E-state index in [4.69, 9.17) is 27.9 Å². The lowest BCUT2D eigenvalue weighted by molar-refractivity contribution is -0.119. The number of aryl methyl sites for hydroxylation is 2. The van der Waals surface area contributed by atoms with Gasteiger partial charge >= 0.3 is 5.97 Å². The van der Waals surface area contributed by atoms with Crippen molar-refractivity contribution in [3.8, 4) is 0 Å². The van der Waals surface area contributed by atoms with E-state index >= 15 is 0 Å². The Hall–Kier alpha value is -3.07. The number of anilines is 2. The number of rotatable bonds is 8. The van der Waals surface area contributed by atoms with E-state index in [1.807, 2.05) is 32.0 Å². The third-order valence-electron chi connectivity index (χ3n) is 4.91. The summed E-state index contributed by atoms with van der Waals surface area (Å²) >= 11 is 11.9. The van der Waals surface area contributed by atoms with Gasteiger partial charge in [0, 0.05) is 10.7 Å². The SMILES string of the molecule is CCc1cccc(C)c1NC(=O)COC(=O)c1ccccc1NS(=O)(=O)c1cc(Cl)ccc1Cl. The van der Waals surface area contributed by atoms with E-state index in [1.165, 1.54) is 30.3 Å². The van der Waals surface area contributed by atoms with Gasteiger partial charge < -0.3 is 10.1 Å². The molecule has 3 aromatic carbocycles. The summed E-state index contributed by atoms with van der Waals surface area (Å²) in [6.07, 6.45) is 0.723. The van der Waals surface area contributed by atoms with Gasteiger partial charge in [-0.1, -0.05) is 60.5 Å². The van der Waals surface area contributed by atoms with Gasteiger partial charge in [-0.2, -0.15) is 0 Å². The Morgan fingerprint density at radius 2 is 1.74 bits per heavy atom. The van der Waals surface area contributed by atoms with Gasteiger partial charge in [-0.15, -0.1) is 0 Å². The monoisotopic (exact) mass is 520 g/mol. The Morgan fingerprint density at radius 1 is 1.00 bits per heavy atom. The summed E-state index contributed by atoms with van der Waals surface area (Å²) in [6, 6.07) is 15.6. The summed E-state index contributed by atoms with van der Waals surface area (Å²) in [7, 11) is -4.16. The fourth-order valence-electron chi connectivity index (χ4n) is 3.22. The molecule has 2 N–H and O–H groups in total. The Balaban J connectivity index is 1.74. The summed E-state index contributed by atoms with van der Waals surface area (Å²) < 4.78 is 33.2. The molecule has 0 bridgehead atoms. The molecule has 0 heterocycles. The van der Waals surface area contributed by atoms with Gasteiger partial charge in [0.05, 0.1) is 16.3 Å². The number of nitrogens with one attached hydrogen (secondary N) is 2. The number of esters is 1. The summed E-state index contributed by atoms with van der Waals surface area (Å²) in [5.41, 5.74) is 2.42. The van der Waals surface area contributed by atoms with Crippen molar-refractivity contribution >= 4 is 56.5 Å². The van der Waals surface area contributed by atoms with Crippen LogP contribution in [-0.2, 0) is 26.0 Å². The number of hydrogen-bond acceptors (Lipinski definition) is 5. The molecule has 0 saturated heterocycles. The molecule has 0 atom stereocenters. The minimum Gasteiger partial charge on any atom is -0.452 e. The highest BCUT2D eigenvalue weighted by Crippen LogP contribution is 2.28. The maximum atomic E-state index is 12.8. The molecule has 0 aliphatic rings. The normalized spacial score (nSPS) is 11.1. The number of amides is 1. The van der Waals surface area contributed by atoms with Gasteiger partial charge in [-0.3, -0.25) is 9.52 Å². The van der Waals surface area contributed by atoms with Crippen LogP contribution in [0.5, 0.6) is 0 Å². The minimum atomic E-state index is -4.16. The molecule has 0 saturated carbocycles. The lowest BCUT2D eigenvalue weighted by Crippen LogP contribution is -2.23. The summed E-state index contributed by atoms with van der Waals surface area (Å²) in [5.74, 6) is -1.38. The van der Waals surface area contributed by atoms with E-state index in [9.17, 15) is 18.0 Å². The number of carbonyl (C=O) groups is 2. The zero-order valence-corrected chi connectivity index (χ0v) is 20.7. The smallest absolute Gasteiger partial charge is 0.340 e. The minimum absolute atomic E-state index is 0.0312. The van der Waals surface area contributed by atoms with E-state index < -0.39 is 28.5 Å². The molecule has 0 unspecified atom stereocenters. The zero-order valence-electron chi connectivity index (χ0n) is 18.4. The van der Waals surface area contributed by atoms with Crippen LogP contribution in [0.25, 0.3) is 0 Å². The van der Waals surface area contributed by atoms with E-state index in [2.05, 4.69) is 10.0 Å². The van der Waals surface area contributed by atoms with Gasteiger partial charge in [0.25, 0.3) is 15.9 Å². The average Bonchev–Trinajstić information content (AvgIpc) is 2.80. The maximum absolute atomic E-state index is 12.8. The number of para-hydroxylation sites is 2. The molecule has 1 amide bonds. The largest absolute Gasteiger partial charge is 0.452 e. The van der Waals surface area contributed by atoms with Crippen LogP contribution in [-0.4, -0.2) is 26.9 Å². The number of carbonyl (C=O) groups excluding carboxylic acids is 2. The molecule has 0 aliphatic carbocycles. The first-order valence-electron chi connectivity index (χ1n) is 10.2. The lowest BCUT2D eigenvalue weighted by atomic mass is 10.1. The fraction of sp³-hybridized carbons (Fsp3) is 0.167. The molecule has 0 aliphatic heterocycles. The van der Waals surface area contributed by atoms with Crippen LogP contribution >= 0.6 is 23.2 Å². The highest BCUT2D eigenvalue weighted by Gasteiger charge is 2.22. The second-order valence-electron chi connectivity index (χ2n) is 7.31. The third kappa shape index (κ3) is 6.08. The van der Waals surface area contributed by atoms with E-state index in [-0.39, 0.29) is 26.2 Å². The molecule has 178 valence electrons. The van der Waals surface area contributed by atoms with Crippen molar-refractivity contribution in [2.75, 3.05) is 16.6 Å². The standard InChI is InChI=1S/C24H22Cl2N2O5S/c1-3-16-8-6-7-15(2)23(16)27-22(29)14-33-24(30)18-9-4-5-10-20(18)28-34(31,32)21-13-17(25)11-12-19(21)26/h4-13,28H,3,14H2,1-2H3,(H,27,29). The fourth-order valence-corrected chi connectivity index (χ4v) is 5.06. The molecule has 7 nitrogen and oxygen atoms in total. The van der Waals surface area contributed by atoms with Crippen LogP contribution < -0.4 is 10.0 Å². The topological polar surface area (TPSA) is 102 Å². The molecule has 10 heteroatoms. The molecular weight excluding hydrogens is 499 g/mol. The molecule has 3 rings (SSSR count). The number of halogens is 2. The summed E-state index contributed by atoms with van der Waals surface area (Å²) in [4.78, 5) is 24.8. The Labute approximate surface area is 208 Å². The third-order valence-corrected chi connectivity index (χ3v) is 7.00. The summed E-state index contributed by atoms with van der Waals surface area (Å²) in [5, 5.41) is 2.92. The Bertz CT molecular complexity index is 1340. The van der Waals surface area contributed by atoms with Crippen LogP contribution in [0.1, 0.15) is 28.4 Å². The molecule has 34 heavy (non-hydrogen) atoms. The second-order valence-corrected chi connectivity index (χ2v) is 9.81. The van der Waals surface area contributed by atoms with Crippen molar-refractivity contribution in [3.63, 3.8) is 0 Å². The van der Waals surface area contributed by atoms with Gasteiger partial charge in [0.2, 0.25) is 0 Å². The predicted octanol–water partition coefficient (Wildman–Crippen LogP) is 5.46. The van der Waals surface area contributed by atoms with Gasteiger partial charge in [-0.25, -0.2) is 13.2 Å². The van der Waals surface area contributed by atoms with Gasteiger partial charge in [0.15, 0.2) is 6.61 Å². The Morgan fingerprint density at radius 3 is 2.47 bits per heavy atom. The molecular formula is C24H22Cl2N2O5S. The average molecular weight is 521 g/mol. The zero-order chi connectivity index (χ0) is 24.9. The number of hydrogen-bond donors (Lipinski definition) is 2. The molecule has 0 spiro atoms. The number of benzene rings is 3. The van der Waals surface area contributed by atoms with Crippen LogP contribution in [0.3, 0.4) is 0 Å². The van der Waals surface area contributed by atoms with E-state index in [0.29, 0.717) is 5.69 Å². The molecule has 0 aromatic heterocycles. The van der Waals surface area contributed by atoms with Crippen molar-refractivity contribution in [1.82, 2.24) is 0 Å². The number of sulfonamides is 1. The van der Waals surface area contributed by atoms with Crippen LogP contribution in [0.4, 0.5) is 11.4 Å². The lowest BCUT2D eigenvalue weighted by Gasteiger charge is -2.14.